The summed E-state index contributed by atoms with van der Waals surface area (Å²) >= 11 is 12.0. The minimum atomic E-state index is -4.85. The summed E-state index contributed by atoms with van der Waals surface area (Å²) in [6.07, 6.45) is -4.85. The number of anilines is 1. The fourth-order valence-electron chi connectivity index (χ4n) is 2.71. The number of halogens is 5. The number of fused-ring (bicyclic) bond motifs is 1. The highest BCUT2D eigenvalue weighted by Gasteiger charge is 2.38. The molecule has 2 aromatic carbocycles. The quantitative estimate of drug-likeness (QED) is 0.324. The largest absolute Gasteiger partial charge is 0.449 e. The molecule has 0 bridgehead atoms. The molecule has 0 aliphatic carbocycles. The van der Waals surface area contributed by atoms with E-state index < -0.39 is 30.4 Å². The summed E-state index contributed by atoms with van der Waals surface area (Å²) in [7, 11) is 0. The summed E-state index contributed by atoms with van der Waals surface area (Å²) in [4.78, 5) is 27.8. The zero-order valence-electron chi connectivity index (χ0n) is 14.3. The van der Waals surface area contributed by atoms with Gasteiger partial charge in [0.15, 0.2) is 0 Å². The summed E-state index contributed by atoms with van der Waals surface area (Å²) < 4.78 is 41.0. The van der Waals surface area contributed by atoms with Crippen molar-refractivity contribution in [2.24, 2.45) is 5.84 Å². The van der Waals surface area contributed by atoms with Gasteiger partial charge in [0.25, 0.3) is 11.8 Å². The summed E-state index contributed by atoms with van der Waals surface area (Å²) in [5.74, 6) is 2.09. The molecule has 0 unspecified atom stereocenters. The van der Waals surface area contributed by atoms with E-state index in [0.29, 0.717) is 4.57 Å². The van der Waals surface area contributed by atoms with Gasteiger partial charge in [0.1, 0.15) is 12.1 Å². The zero-order valence-corrected chi connectivity index (χ0v) is 15.9. The minimum absolute atomic E-state index is 0.0131. The normalized spacial score (nSPS) is 11.5. The Morgan fingerprint density at radius 3 is 2.31 bits per heavy atom. The number of hydrogen-bond donors (Lipinski definition) is 3. The number of hydrogen-bond acceptors (Lipinski definition) is 4. The van der Waals surface area contributed by atoms with E-state index in [1.54, 1.807) is 11.5 Å². The van der Waals surface area contributed by atoms with Crippen molar-refractivity contribution in [3.8, 4) is 0 Å². The summed E-state index contributed by atoms with van der Waals surface area (Å²) in [5, 5.41) is 2.61. The van der Waals surface area contributed by atoms with Crippen molar-refractivity contribution in [3.63, 3.8) is 0 Å². The summed E-state index contributed by atoms with van der Waals surface area (Å²) in [5.41, 5.74) is 1.53. The number of amides is 2. The highest BCUT2D eigenvalue weighted by molar-refractivity contribution is 6.40. The van der Waals surface area contributed by atoms with Crippen molar-refractivity contribution in [1.29, 1.82) is 0 Å². The van der Waals surface area contributed by atoms with Crippen LogP contribution in [0.5, 0.6) is 0 Å². The predicted octanol–water partition coefficient (Wildman–Crippen LogP) is 3.60. The van der Waals surface area contributed by atoms with E-state index in [9.17, 15) is 22.8 Å². The van der Waals surface area contributed by atoms with Gasteiger partial charge < -0.3 is 9.88 Å². The molecule has 0 atom stereocenters. The number of nitrogens with one attached hydrogen (secondary N) is 2. The standard InChI is InChI=1S/C17H12Cl2F3N5O2/c18-8-3-1-4-9(19)13(8)15(29)24-10-5-2-6-11-14(10)25-16(17(20,21)22)27(11)7-12(28)26-23/h1-6H,7,23H2,(H,24,29)(H,26,28). The molecule has 0 fully saturated rings. The average molecular weight is 446 g/mol. The number of hydrazine groups is 1. The Kier molecular flexibility index (Phi) is 5.69. The fraction of sp³-hybridized carbons (Fsp3) is 0.118. The first-order valence-corrected chi connectivity index (χ1v) is 8.70. The lowest BCUT2D eigenvalue weighted by atomic mass is 10.2. The van der Waals surface area contributed by atoms with Gasteiger partial charge in [-0.2, -0.15) is 13.2 Å². The molecule has 152 valence electrons. The lowest BCUT2D eigenvalue weighted by Crippen LogP contribution is -2.34. The second kappa shape index (κ2) is 7.90. The molecule has 7 nitrogen and oxygen atoms in total. The van der Waals surface area contributed by atoms with Gasteiger partial charge in [-0.1, -0.05) is 35.3 Å². The van der Waals surface area contributed by atoms with E-state index in [1.165, 1.54) is 30.3 Å². The molecule has 0 radical (unpaired) electrons. The van der Waals surface area contributed by atoms with Gasteiger partial charge in [0.2, 0.25) is 5.82 Å². The van der Waals surface area contributed by atoms with E-state index in [0.717, 1.165) is 0 Å². The molecule has 0 aliphatic rings. The van der Waals surface area contributed by atoms with Gasteiger partial charge >= 0.3 is 6.18 Å². The number of alkyl halides is 3. The van der Waals surface area contributed by atoms with E-state index in [2.05, 4.69) is 10.3 Å². The number of carbonyl (C=O) groups excluding carboxylic acids is 2. The van der Waals surface area contributed by atoms with Crippen LogP contribution in [0, 0.1) is 0 Å². The lowest BCUT2D eigenvalue weighted by Gasteiger charge is -2.10. The first-order chi connectivity index (χ1) is 13.6. The third-order valence-electron chi connectivity index (χ3n) is 3.93. The topological polar surface area (TPSA) is 102 Å². The number of carbonyl (C=O) groups is 2. The first kappa shape index (κ1) is 20.9. The van der Waals surface area contributed by atoms with Crippen molar-refractivity contribution in [2.75, 3.05) is 5.32 Å². The fourth-order valence-corrected chi connectivity index (χ4v) is 3.28. The summed E-state index contributed by atoms with van der Waals surface area (Å²) in [6.45, 7) is -0.713. The lowest BCUT2D eigenvalue weighted by molar-refractivity contribution is -0.147. The van der Waals surface area contributed by atoms with Crippen LogP contribution in [0.4, 0.5) is 18.9 Å². The number of rotatable bonds is 4. The molecule has 4 N–H and O–H groups in total. The molecular formula is C17H12Cl2F3N5O2. The molecule has 2 amide bonds. The molecule has 1 aromatic heterocycles. The van der Waals surface area contributed by atoms with Gasteiger partial charge in [0.05, 0.1) is 26.8 Å². The molecular weight excluding hydrogens is 434 g/mol. The van der Waals surface area contributed by atoms with Crippen molar-refractivity contribution in [2.45, 2.75) is 12.7 Å². The molecule has 0 saturated heterocycles. The van der Waals surface area contributed by atoms with E-state index in [-0.39, 0.29) is 32.3 Å². The highest BCUT2D eigenvalue weighted by Crippen LogP contribution is 2.34. The second-order valence-electron chi connectivity index (χ2n) is 5.81. The SMILES string of the molecule is NNC(=O)Cn1c(C(F)(F)F)nc2c(NC(=O)c3c(Cl)cccc3Cl)cccc21. The Balaban J connectivity index is 2.10. The maximum atomic E-state index is 13.4. The Labute approximate surface area is 171 Å². The number of aromatic nitrogens is 2. The van der Waals surface area contributed by atoms with Crippen molar-refractivity contribution in [3.05, 3.63) is 57.8 Å². The van der Waals surface area contributed by atoms with Crippen molar-refractivity contribution < 1.29 is 22.8 Å². The van der Waals surface area contributed by atoms with Crippen LogP contribution in [-0.4, -0.2) is 21.4 Å². The van der Waals surface area contributed by atoms with Gasteiger partial charge in [-0.3, -0.25) is 15.0 Å². The zero-order chi connectivity index (χ0) is 21.3. The van der Waals surface area contributed by atoms with Crippen LogP contribution in [0.1, 0.15) is 16.2 Å². The Bertz CT molecular complexity index is 1090. The van der Waals surface area contributed by atoms with E-state index in [1.807, 2.05) is 0 Å². The molecule has 0 spiro atoms. The van der Waals surface area contributed by atoms with Crippen LogP contribution >= 0.6 is 23.2 Å². The second-order valence-corrected chi connectivity index (χ2v) is 6.63. The molecule has 29 heavy (non-hydrogen) atoms. The van der Waals surface area contributed by atoms with Crippen LogP contribution in [0.3, 0.4) is 0 Å². The van der Waals surface area contributed by atoms with E-state index >= 15 is 0 Å². The summed E-state index contributed by atoms with van der Waals surface area (Å²) in [6, 6.07) is 8.55. The Morgan fingerprint density at radius 1 is 1.10 bits per heavy atom. The molecule has 0 saturated carbocycles. The van der Waals surface area contributed by atoms with Crippen LogP contribution in [0.15, 0.2) is 36.4 Å². The number of benzene rings is 2. The Morgan fingerprint density at radius 2 is 1.72 bits per heavy atom. The van der Waals surface area contributed by atoms with Crippen LogP contribution in [-0.2, 0) is 17.5 Å². The molecule has 1 heterocycles. The highest BCUT2D eigenvalue weighted by atomic mass is 35.5. The van der Waals surface area contributed by atoms with Gasteiger partial charge in [-0.05, 0) is 24.3 Å². The predicted molar refractivity (Wildman–Crippen MR) is 101 cm³/mol. The third-order valence-corrected chi connectivity index (χ3v) is 4.56. The number of nitrogens with zero attached hydrogens (tertiary/aromatic N) is 2. The van der Waals surface area contributed by atoms with Gasteiger partial charge in [0, 0.05) is 0 Å². The number of nitrogens with two attached hydrogens (primary N) is 1. The number of para-hydroxylation sites is 1. The molecule has 3 aromatic rings. The van der Waals surface area contributed by atoms with Gasteiger partial charge in [-0.25, -0.2) is 10.8 Å². The van der Waals surface area contributed by atoms with Gasteiger partial charge in [-0.15, -0.1) is 0 Å². The molecule has 12 heteroatoms. The third kappa shape index (κ3) is 4.14. The Hall–Kier alpha value is -2.82. The monoisotopic (exact) mass is 445 g/mol. The van der Waals surface area contributed by atoms with Crippen molar-refractivity contribution in [1.82, 2.24) is 15.0 Å². The molecule has 0 aliphatic heterocycles. The van der Waals surface area contributed by atoms with Crippen LogP contribution in [0.2, 0.25) is 10.0 Å². The van der Waals surface area contributed by atoms with E-state index in [4.69, 9.17) is 29.0 Å². The number of imidazole rings is 1. The smallest absolute Gasteiger partial charge is 0.320 e. The van der Waals surface area contributed by atoms with Crippen molar-refractivity contribution >= 4 is 51.7 Å². The minimum Gasteiger partial charge on any atom is -0.320 e. The van der Waals surface area contributed by atoms with Crippen LogP contribution < -0.4 is 16.6 Å². The molecule has 3 rings (SSSR count). The maximum Gasteiger partial charge on any atom is 0.449 e. The first-order valence-electron chi connectivity index (χ1n) is 7.94. The maximum absolute atomic E-state index is 13.4. The average Bonchev–Trinajstić information content (AvgIpc) is 3.01. The van der Waals surface area contributed by atoms with Crippen LogP contribution in [0.25, 0.3) is 11.0 Å².